The lowest BCUT2D eigenvalue weighted by Gasteiger charge is -2.01. The Balaban J connectivity index is 1.99. The van der Waals surface area contributed by atoms with Crippen LogP contribution in [0.5, 0.6) is 0 Å². The minimum Gasteiger partial charge on any atom is -0.384 e. The van der Waals surface area contributed by atoms with E-state index in [1.54, 1.807) is 30.2 Å². The fraction of sp³-hybridized carbons (Fsp3) is 0.182. The van der Waals surface area contributed by atoms with Crippen LogP contribution in [0.2, 0.25) is 0 Å². The molecule has 2 rings (SSSR count). The third-order valence-corrected chi connectivity index (χ3v) is 2.92. The maximum atomic E-state index is 5.51. The van der Waals surface area contributed by atoms with E-state index < -0.39 is 0 Å². The van der Waals surface area contributed by atoms with Crippen LogP contribution in [0.4, 0.5) is 5.82 Å². The van der Waals surface area contributed by atoms with Crippen LogP contribution in [0.3, 0.4) is 0 Å². The Morgan fingerprint density at radius 1 is 1.25 bits per heavy atom. The molecule has 4 nitrogen and oxygen atoms in total. The zero-order valence-electron chi connectivity index (χ0n) is 8.92. The number of aromatic nitrogens is 3. The van der Waals surface area contributed by atoms with Crippen molar-refractivity contribution in [1.82, 2.24) is 15.0 Å². The van der Waals surface area contributed by atoms with Gasteiger partial charge in [0.2, 0.25) is 0 Å². The number of thioether (sulfide) groups is 1. The predicted octanol–water partition coefficient (Wildman–Crippen LogP) is 2.05. The van der Waals surface area contributed by atoms with E-state index in [9.17, 15) is 0 Å². The Labute approximate surface area is 98.3 Å². The Bertz CT molecular complexity index is 470. The molecule has 0 saturated carbocycles. The number of nitrogens with zero attached hydrogens (tertiary/aromatic N) is 3. The van der Waals surface area contributed by atoms with Gasteiger partial charge < -0.3 is 5.73 Å². The molecule has 0 unspecified atom stereocenters. The summed E-state index contributed by atoms with van der Waals surface area (Å²) < 4.78 is 0. The first kappa shape index (κ1) is 10.9. The zero-order valence-corrected chi connectivity index (χ0v) is 9.74. The van der Waals surface area contributed by atoms with Gasteiger partial charge in [-0.3, -0.25) is 0 Å². The molecular weight excluding hydrogens is 220 g/mol. The number of aryl methyl sites for hydroxylation is 1. The molecule has 0 aliphatic carbocycles. The van der Waals surface area contributed by atoms with E-state index in [2.05, 4.69) is 15.0 Å². The molecule has 0 saturated heterocycles. The fourth-order valence-electron chi connectivity index (χ4n) is 1.16. The molecule has 0 fully saturated rings. The third-order valence-electron chi connectivity index (χ3n) is 1.99. The fourth-order valence-corrected chi connectivity index (χ4v) is 1.98. The van der Waals surface area contributed by atoms with Crippen molar-refractivity contribution in [1.29, 1.82) is 0 Å². The van der Waals surface area contributed by atoms with Crippen molar-refractivity contribution < 1.29 is 0 Å². The Morgan fingerprint density at radius 3 is 2.81 bits per heavy atom. The Morgan fingerprint density at radius 2 is 2.12 bits per heavy atom. The van der Waals surface area contributed by atoms with Crippen LogP contribution in [0.1, 0.15) is 11.3 Å². The summed E-state index contributed by atoms with van der Waals surface area (Å²) in [7, 11) is 0. The maximum Gasteiger partial charge on any atom is 0.188 e. The molecule has 5 heteroatoms. The van der Waals surface area contributed by atoms with E-state index in [-0.39, 0.29) is 0 Å². The molecule has 2 N–H and O–H groups in total. The maximum absolute atomic E-state index is 5.51. The van der Waals surface area contributed by atoms with Crippen molar-refractivity contribution >= 4 is 17.6 Å². The minimum atomic E-state index is 0.542. The highest BCUT2D eigenvalue weighted by molar-refractivity contribution is 7.98. The van der Waals surface area contributed by atoms with E-state index in [4.69, 9.17) is 5.73 Å². The summed E-state index contributed by atoms with van der Waals surface area (Å²) >= 11 is 1.59. The van der Waals surface area contributed by atoms with E-state index in [1.807, 2.05) is 19.1 Å². The van der Waals surface area contributed by atoms with Gasteiger partial charge in [-0.25, -0.2) is 15.0 Å². The lowest BCUT2D eigenvalue weighted by molar-refractivity contribution is 0.931. The SMILES string of the molecule is Cc1ccnc(SCc2ccc(N)nc2)n1. The monoisotopic (exact) mass is 232 g/mol. The Kier molecular flexibility index (Phi) is 3.36. The van der Waals surface area contributed by atoms with E-state index in [1.165, 1.54) is 0 Å². The highest BCUT2D eigenvalue weighted by atomic mass is 32.2. The molecule has 0 aliphatic rings. The van der Waals surface area contributed by atoms with Crippen molar-refractivity contribution in [2.75, 3.05) is 5.73 Å². The van der Waals surface area contributed by atoms with E-state index >= 15 is 0 Å². The van der Waals surface area contributed by atoms with Crippen LogP contribution < -0.4 is 5.73 Å². The topological polar surface area (TPSA) is 64.7 Å². The van der Waals surface area contributed by atoms with Gasteiger partial charge in [0.15, 0.2) is 5.16 Å². The first-order valence-electron chi connectivity index (χ1n) is 4.87. The van der Waals surface area contributed by atoms with Gasteiger partial charge in [-0.1, -0.05) is 17.8 Å². The molecule has 0 amide bonds. The van der Waals surface area contributed by atoms with Crippen LogP contribution >= 0.6 is 11.8 Å². The molecule has 16 heavy (non-hydrogen) atoms. The summed E-state index contributed by atoms with van der Waals surface area (Å²) in [6.45, 7) is 1.95. The lowest BCUT2D eigenvalue weighted by atomic mass is 10.3. The summed E-state index contributed by atoms with van der Waals surface area (Å²) in [5.41, 5.74) is 7.61. The number of hydrogen-bond acceptors (Lipinski definition) is 5. The molecule has 0 bridgehead atoms. The molecule has 2 aromatic rings. The highest BCUT2D eigenvalue weighted by Crippen LogP contribution is 2.18. The van der Waals surface area contributed by atoms with Gasteiger partial charge in [0.25, 0.3) is 0 Å². The van der Waals surface area contributed by atoms with Gasteiger partial charge in [-0.05, 0) is 24.6 Å². The van der Waals surface area contributed by atoms with Crippen molar-refractivity contribution in [2.45, 2.75) is 17.8 Å². The largest absolute Gasteiger partial charge is 0.384 e. The average molecular weight is 232 g/mol. The van der Waals surface area contributed by atoms with Crippen molar-refractivity contribution in [3.05, 3.63) is 41.9 Å². The second-order valence-corrected chi connectivity index (χ2v) is 4.30. The molecular formula is C11H12N4S. The lowest BCUT2D eigenvalue weighted by Crippen LogP contribution is -1.92. The second kappa shape index (κ2) is 4.94. The predicted molar refractivity (Wildman–Crippen MR) is 65.0 cm³/mol. The van der Waals surface area contributed by atoms with E-state index in [0.717, 1.165) is 22.2 Å². The number of rotatable bonds is 3. The van der Waals surface area contributed by atoms with Gasteiger partial charge in [0.05, 0.1) is 0 Å². The van der Waals surface area contributed by atoms with Crippen LogP contribution in [-0.4, -0.2) is 15.0 Å². The number of nitrogen functional groups attached to an aromatic ring is 1. The summed E-state index contributed by atoms with van der Waals surface area (Å²) in [4.78, 5) is 12.5. The molecule has 0 aliphatic heterocycles. The normalized spacial score (nSPS) is 10.3. The van der Waals surface area contributed by atoms with Crippen molar-refractivity contribution in [3.63, 3.8) is 0 Å². The number of anilines is 1. The first-order valence-corrected chi connectivity index (χ1v) is 5.85. The van der Waals surface area contributed by atoms with Gasteiger partial charge in [-0.15, -0.1) is 0 Å². The van der Waals surface area contributed by atoms with Crippen LogP contribution in [-0.2, 0) is 5.75 Å². The third kappa shape index (κ3) is 2.93. The van der Waals surface area contributed by atoms with Crippen LogP contribution in [0, 0.1) is 6.92 Å². The van der Waals surface area contributed by atoms with Gasteiger partial charge >= 0.3 is 0 Å². The smallest absolute Gasteiger partial charge is 0.188 e. The quantitative estimate of drug-likeness (QED) is 0.648. The van der Waals surface area contributed by atoms with E-state index in [0.29, 0.717) is 5.82 Å². The standard InChI is InChI=1S/C11H12N4S/c1-8-4-5-13-11(15-8)16-7-9-2-3-10(12)14-6-9/h2-6H,7H2,1H3,(H2,12,14). The Hall–Kier alpha value is -1.62. The molecule has 0 radical (unpaired) electrons. The molecule has 0 atom stereocenters. The second-order valence-electron chi connectivity index (χ2n) is 3.36. The van der Waals surface area contributed by atoms with Crippen molar-refractivity contribution in [2.24, 2.45) is 0 Å². The zero-order chi connectivity index (χ0) is 11.4. The summed E-state index contributed by atoms with van der Waals surface area (Å²) in [6, 6.07) is 5.65. The van der Waals surface area contributed by atoms with Crippen LogP contribution in [0.15, 0.2) is 35.7 Å². The number of nitrogens with two attached hydrogens (primary N) is 1. The molecule has 2 heterocycles. The molecule has 0 spiro atoms. The molecule has 82 valence electrons. The van der Waals surface area contributed by atoms with Gasteiger partial charge in [0.1, 0.15) is 5.82 Å². The highest BCUT2D eigenvalue weighted by Gasteiger charge is 1.99. The number of pyridine rings is 1. The van der Waals surface area contributed by atoms with Gasteiger partial charge in [-0.2, -0.15) is 0 Å². The summed E-state index contributed by atoms with van der Waals surface area (Å²) in [5.74, 6) is 1.34. The molecule has 2 aromatic heterocycles. The number of hydrogen-bond donors (Lipinski definition) is 1. The summed E-state index contributed by atoms with van der Waals surface area (Å²) in [6.07, 6.45) is 3.55. The summed E-state index contributed by atoms with van der Waals surface area (Å²) in [5, 5.41) is 0.789. The average Bonchev–Trinajstić information content (AvgIpc) is 2.28. The first-order chi connectivity index (χ1) is 7.74. The molecule has 0 aromatic carbocycles. The van der Waals surface area contributed by atoms with Crippen LogP contribution in [0.25, 0.3) is 0 Å². The minimum absolute atomic E-state index is 0.542. The van der Waals surface area contributed by atoms with Crippen molar-refractivity contribution in [3.8, 4) is 0 Å². The van der Waals surface area contributed by atoms with Gasteiger partial charge in [0, 0.05) is 23.8 Å².